The van der Waals surface area contributed by atoms with Crippen LogP contribution in [0.3, 0.4) is 0 Å². The van der Waals surface area contributed by atoms with E-state index in [4.69, 9.17) is 4.74 Å². The van der Waals surface area contributed by atoms with Crippen LogP contribution in [0, 0.1) is 0 Å². The summed E-state index contributed by atoms with van der Waals surface area (Å²) in [5, 5.41) is 0. The zero-order valence-electron chi connectivity index (χ0n) is 14.8. The standard InChI is InChI=1S/C18H17F3N2O4S/c1-27-16-9-6-13(11-15(16)23-10-2-3-17(23)24)22-28(25,26)14-7-4-12(5-8-14)18(19,20)21/h4-9,11,22H,2-3,10H2,1H3. The maximum Gasteiger partial charge on any atom is 0.416 e. The van der Waals surface area contributed by atoms with Crippen molar-refractivity contribution in [3.63, 3.8) is 0 Å². The molecule has 0 radical (unpaired) electrons. The fraction of sp³-hybridized carbons (Fsp3) is 0.278. The van der Waals surface area contributed by atoms with Crippen LogP contribution in [-0.4, -0.2) is 28.0 Å². The van der Waals surface area contributed by atoms with E-state index >= 15 is 0 Å². The minimum absolute atomic E-state index is 0.0963. The third kappa shape index (κ3) is 4.06. The van der Waals surface area contributed by atoms with Crippen molar-refractivity contribution in [3.8, 4) is 5.75 Å². The van der Waals surface area contributed by atoms with E-state index in [2.05, 4.69) is 4.72 Å². The molecular weight excluding hydrogens is 397 g/mol. The molecule has 10 heteroatoms. The first kappa shape index (κ1) is 20.0. The Morgan fingerprint density at radius 3 is 2.32 bits per heavy atom. The topological polar surface area (TPSA) is 75.7 Å². The monoisotopic (exact) mass is 414 g/mol. The average Bonchev–Trinajstić information content (AvgIpc) is 3.06. The Balaban J connectivity index is 1.89. The van der Waals surface area contributed by atoms with E-state index in [0.29, 0.717) is 43.0 Å². The molecule has 2 aromatic carbocycles. The van der Waals surface area contributed by atoms with Crippen LogP contribution in [-0.2, 0) is 21.0 Å². The average molecular weight is 414 g/mol. The second-order valence-corrected chi connectivity index (χ2v) is 7.85. The van der Waals surface area contributed by atoms with Gasteiger partial charge in [0.2, 0.25) is 5.91 Å². The number of rotatable bonds is 5. The maximum absolute atomic E-state index is 12.6. The van der Waals surface area contributed by atoms with Crippen molar-refractivity contribution < 1.29 is 31.1 Å². The molecule has 3 rings (SSSR count). The van der Waals surface area contributed by atoms with Crippen LogP contribution < -0.4 is 14.4 Å². The maximum atomic E-state index is 12.6. The number of hydrogen-bond acceptors (Lipinski definition) is 4. The molecule has 6 nitrogen and oxygen atoms in total. The summed E-state index contributed by atoms with van der Waals surface area (Å²) in [4.78, 5) is 13.2. The van der Waals surface area contributed by atoms with E-state index in [1.807, 2.05) is 0 Å². The molecule has 0 aliphatic carbocycles. The summed E-state index contributed by atoms with van der Waals surface area (Å²) < 4.78 is 70.5. The van der Waals surface area contributed by atoms with Gasteiger partial charge in [-0.1, -0.05) is 0 Å². The van der Waals surface area contributed by atoms with E-state index in [0.717, 1.165) is 12.1 Å². The first-order chi connectivity index (χ1) is 13.1. The molecular formula is C18H17F3N2O4S. The number of methoxy groups -OCH3 is 1. The summed E-state index contributed by atoms with van der Waals surface area (Å²) in [7, 11) is -2.67. The van der Waals surface area contributed by atoms with Crippen molar-refractivity contribution >= 4 is 27.3 Å². The smallest absolute Gasteiger partial charge is 0.416 e. The van der Waals surface area contributed by atoms with Gasteiger partial charge in [-0.15, -0.1) is 0 Å². The van der Waals surface area contributed by atoms with E-state index in [-0.39, 0.29) is 16.5 Å². The van der Waals surface area contributed by atoms with Gasteiger partial charge in [-0.05, 0) is 48.9 Å². The molecule has 1 aliphatic rings. The molecule has 150 valence electrons. The Morgan fingerprint density at radius 2 is 1.79 bits per heavy atom. The van der Waals surface area contributed by atoms with E-state index < -0.39 is 21.8 Å². The third-order valence-corrected chi connectivity index (χ3v) is 5.68. The van der Waals surface area contributed by atoms with Crippen molar-refractivity contribution in [1.82, 2.24) is 0 Å². The first-order valence-electron chi connectivity index (χ1n) is 8.30. The lowest BCUT2D eigenvalue weighted by Gasteiger charge is -2.20. The summed E-state index contributed by atoms with van der Waals surface area (Å²) in [5.41, 5.74) is -0.348. The Hall–Kier alpha value is -2.75. The van der Waals surface area contributed by atoms with Crippen LogP contribution >= 0.6 is 0 Å². The van der Waals surface area contributed by atoms with E-state index in [1.54, 1.807) is 0 Å². The highest BCUT2D eigenvalue weighted by Gasteiger charge is 2.31. The van der Waals surface area contributed by atoms with Crippen LogP contribution in [0.4, 0.5) is 24.5 Å². The molecule has 0 bridgehead atoms. The highest BCUT2D eigenvalue weighted by Crippen LogP contribution is 2.35. The fourth-order valence-electron chi connectivity index (χ4n) is 2.90. The first-order valence-corrected chi connectivity index (χ1v) is 9.78. The Labute approximate surface area is 160 Å². The van der Waals surface area contributed by atoms with Crippen molar-refractivity contribution in [2.24, 2.45) is 0 Å². The lowest BCUT2D eigenvalue weighted by molar-refractivity contribution is -0.137. The Morgan fingerprint density at radius 1 is 1.11 bits per heavy atom. The lowest BCUT2D eigenvalue weighted by Crippen LogP contribution is -2.24. The van der Waals surface area contributed by atoms with Gasteiger partial charge in [0, 0.05) is 13.0 Å². The predicted octanol–water partition coefficient (Wildman–Crippen LogP) is 3.64. The van der Waals surface area contributed by atoms with E-state index in [1.165, 1.54) is 30.2 Å². The minimum Gasteiger partial charge on any atom is -0.495 e. The van der Waals surface area contributed by atoms with Crippen LogP contribution in [0.25, 0.3) is 0 Å². The second kappa shape index (κ2) is 7.34. The lowest BCUT2D eigenvalue weighted by atomic mass is 10.2. The van der Waals surface area contributed by atoms with Gasteiger partial charge in [0.1, 0.15) is 5.75 Å². The quantitative estimate of drug-likeness (QED) is 0.811. The van der Waals surface area contributed by atoms with Crippen LogP contribution in [0.1, 0.15) is 18.4 Å². The van der Waals surface area contributed by atoms with Gasteiger partial charge in [0.25, 0.3) is 10.0 Å². The summed E-state index contributed by atoms with van der Waals surface area (Å²) in [6, 6.07) is 7.62. The van der Waals surface area contributed by atoms with Crippen LogP contribution in [0.2, 0.25) is 0 Å². The molecule has 0 unspecified atom stereocenters. The number of nitrogens with one attached hydrogen (secondary N) is 1. The molecule has 28 heavy (non-hydrogen) atoms. The highest BCUT2D eigenvalue weighted by atomic mass is 32.2. The molecule has 1 aliphatic heterocycles. The van der Waals surface area contributed by atoms with Crippen molar-refractivity contribution in [1.29, 1.82) is 0 Å². The van der Waals surface area contributed by atoms with Crippen molar-refractivity contribution in [3.05, 3.63) is 48.0 Å². The second-order valence-electron chi connectivity index (χ2n) is 6.16. The number of carbonyl (C=O) groups is 1. The third-order valence-electron chi connectivity index (χ3n) is 4.29. The largest absolute Gasteiger partial charge is 0.495 e. The molecule has 0 aromatic heterocycles. The number of halogens is 3. The highest BCUT2D eigenvalue weighted by molar-refractivity contribution is 7.92. The number of amides is 1. The molecule has 1 heterocycles. The number of hydrogen-bond donors (Lipinski definition) is 1. The van der Waals surface area contributed by atoms with Gasteiger partial charge >= 0.3 is 6.18 Å². The van der Waals surface area contributed by atoms with Crippen molar-refractivity contribution in [2.45, 2.75) is 23.9 Å². The summed E-state index contributed by atoms with van der Waals surface area (Å²) in [5.74, 6) is 0.314. The molecule has 0 atom stereocenters. The van der Waals surface area contributed by atoms with Gasteiger partial charge in [-0.2, -0.15) is 13.2 Å². The molecule has 1 amide bonds. The molecule has 1 fully saturated rings. The molecule has 1 N–H and O–H groups in total. The summed E-state index contributed by atoms with van der Waals surface area (Å²) in [6.45, 7) is 0.490. The molecule has 1 saturated heterocycles. The number of nitrogens with zero attached hydrogens (tertiary/aromatic N) is 1. The van der Waals surface area contributed by atoms with Gasteiger partial charge in [0.15, 0.2) is 0 Å². The summed E-state index contributed by atoms with van der Waals surface area (Å²) >= 11 is 0. The number of carbonyl (C=O) groups excluding carboxylic acids is 1. The van der Waals surface area contributed by atoms with Gasteiger partial charge in [-0.25, -0.2) is 8.42 Å². The predicted molar refractivity (Wildman–Crippen MR) is 96.8 cm³/mol. The summed E-state index contributed by atoms with van der Waals surface area (Å²) in [6.07, 6.45) is -3.48. The molecule has 0 spiro atoms. The van der Waals surface area contributed by atoms with E-state index in [9.17, 15) is 26.4 Å². The molecule has 2 aromatic rings. The number of ether oxygens (including phenoxy) is 1. The number of benzene rings is 2. The fourth-order valence-corrected chi connectivity index (χ4v) is 3.95. The van der Waals surface area contributed by atoms with Crippen LogP contribution in [0.15, 0.2) is 47.4 Å². The minimum atomic E-state index is -4.55. The van der Waals surface area contributed by atoms with Crippen LogP contribution in [0.5, 0.6) is 5.75 Å². The zero-order valence-corrected chi connectivity index (χ0v) is 15.6. The van der Waals surface area contributed by atoms with Gasteiger partial charge in [0.05, 0.1) is 28.9 Å². The molecule has 0 saturated carbocycles. The Bertz CT molecular complexity index is 989. The van der Waals surface area contributed by atoms with Crippen molar-refractivity contribution in [2.75, 3.05) is 23.3 Å². The SMILES string of the molecule is COc1ccc(NS(=O)(=O)c2ccc(C(F)(F)F)cc2)cc1N1CCCC1=O. The normalized spacial score (nSPS) is 15.0. The number of sulfonamides is 1. The number of alkyl halides is 3. The number of anilines is 2. The van der Waals surface area contributed by atoms with Gasteiger partial charge in [-0.3, -0.25) is 9.52 Å². The zero-order chi connectivity index (χ0) is 20.5. The van der Waals surface area contributed by atoms with Gasteiger partial charge < -0.3 is 9.64 Å². The Kier molecular flexibility index (Phi) is 5.24.